The van der Waals surface area contributed by atoms with E-state index in [4.69, 9.17) is 14.0 Å². The summed E-state index contributed by atoms with van der Waals surface area (Å²) in [6.07, 6.45) is 19.8. The molecule has 9 heteroatoms. The zero-order valence-corrected chi connectivity index (χ0v) is 26.5. The molecule has 0 amide bonds. The summed E-state index contributed by atoms with van der Waals surface area (Å²) in [5.41, 5.74) is 0. The molecule has 0 aromatic rings. The van der Waals surface area contributed by atoms with Crippen LogP contribution >= 0.6 is 7.60 Å². The highest BCUT2D eigenvalue weighted by Crippen LogP contribution is 2.51. The highest BCUT2D eigenvalue weighted by molar-refractivity contribution is 7.53. The molecular formula is C29H61NO7P+. The third-order valence-corrected chi connectivity index (χ3v) is 9.29. The van der Waals surface area contributed by atoms with Gasteiger partial charge in [-0.25, -0.2) is 4.79 Å². The first kappa shape index (κ1) is 37.3. The molecule has 0 aromatic carbocycles. The Hall–Kier alpha value is -0.660. The lowest BCUT2D eigenvalue weighted by atomic mass is 10.0. The molecule has 0 aliphatic rings. The Morgan fingerprint density at radius 1 is 0.763 bits per heavy atom. The predicted molar refractivity (Wildman–Crippen MR) is 156 cm³/mol. The molecule has 8 nitrogen and oxygen atoms in total. The minimum Gasteiger partial charge on any atom is -0.438 e. The smallest absolute Gasteiger partial charge is 0.438 e. The van der Waals surface area contributed by atoms with Crippen LogP contribution in [0.5, 0.6) is 0 Å². The average Bonchev–Trinajstić information content (AvgIpc) is 2.85. The van der Waals surface area contributed by atoms with E-state index in [1.165, 1.54) is 97.0 Å². The summed E-state index contributed by atoms with van der Waals surface area (Å²) in [5, 5.41) is 0. The SMILES string of the molecule is CCCCCCCCCCCCCCCCCCOCC(COP(=O)(O)C(CC)[N+](C)(C)C)OC(=O)OC. The average molecular weight is 567 g/mol. The maximum Gasteiger partial charge on any atom is 0.508 e. The molecule has 0 aromatic heterocycles. The van der Waals surface area contributed by atoms with Gasteiger partial charge in [0.1, 0.15) is 0 Å². The van der Waals surface area contributed by atoms with Gasteiger partial charge in [-0.3, -0.25) is 4.57 Å². The van der Waals surface area contributed by atoms with Gasteiger partial charge in [-0.1, -0.05) is 110 Å². The fourth-order valence-electron chi connectivity index (χ4n) is 4.76. The predicted octanol–water partition coefficient (Wildman–Crippen LogP) is 8.06. The van der Waals surface area contributed by atoms with Crippen LogP contribution in [0.25, 0.3) is 0 Å². The molecule has 228 valence electrons. The molecule has 0 heterocycles. The molecule has 1 N–H and O–H groups in total. The lowest BCUT2D eigenvalue weighted by molar-refractivity contribution is -0.883. The first-order valence-corrected chi connectivity index (χ1v) is 16.8. The van der Waals surface area contributed by atoms with Gasteiger partial charge in [0, 0.05) is 13.0 Å². The van der Waals surface area contributed by atoms with Gasteiger partial charge in [-0.05, 0) is 6.42 Å². The van der Waals surface area contributed by atoms with Crippen molar-refractivity contribution in [2.75, 3.05) is 48.1 Å². The van der Waals surface area contributed by atoms with E-state index in [-0.39, 0.29) is 13.2 Å². The Morgan fingerprint density at radius 2 is 1.21 bits per heavy atom. The summed E-state index contributed by atoms with van der Waals surface area (Å²) in [7, 11) is 2.85. The molecule has 0 fully saturated rings. The Kier molecular flexibility index (Phi) is 22.7. The Labute approximate surface area is 234 Å². The van der Waals surface area contributed by atoms with Crippen molar-refractivity contribution in [3.05, 3.63) is 0 Å². The standard InChI is InChI=1S/C29H60NO7P/c1-7-9-10-11-12-13-14-15-16-17-18-19-20-21-22-23-24-35-25-27(37-29(31)34-6)26-36-38(32,33)28(8-2)30(3,4)5/h27-28H,7-26H2,1-6H3/p+1. The van der Waals surface area contributed by atoms with Crippen molar-refractivity contribution in [2.24, 2.45) is 0 Å². The van der Waals surface area contributed by atoms with Gasteiger partial charge in [0.25, 0.3) is 0 Å². The number of carbonyl (C=O) groups is 1. The molecule has 0 saturated heterocycles. The molecule has 38 heavy (non-hydrogen) atoms. The van der Waals surface area contributed by atoms with Gasteiger partial charge >= 0.3 is 13.8 Å². The van der Waals surface area contributed by atoms with Crippen molar-refractivity contribution < 1.29 is 37.5 Å². The zero-order chi connectivity index (χ0) is 28.7. The molecule has 0 radical (unpaired) electrons. The lowest BCUT2D eigenvalue weighted by Crippen LogP contribution is -2.45. The van der Waals surface area contributed by atoms with Crippen LogP contribution < -0.4 is 0 Å². The van der Waals surface area contributed by atoms with Crippen molar-refractivity contribution in [2.45, 2.75) is 135 Å². The van der Waals surface area contributed by atoms with Crippen molar-refractivity contribution in [1.82, 2.24) is 0 Å². The number of rotatable bonds is 26. The van der Waals surface area contributed by atoms with E-state index in [0.717, 1.165) is 12.8 Å². The highest BCUT2D eigenvalue weighted by atomic mass is 31.2. The Morgan fingerprint density at radius 3 is 1.61 bits per heavy atom. The van der Waals surface area contributed by atoms with E-state index >= 15 is 0 Å². The molecule has 0 spiro atoms. The second-order valence-electron chi connectivity index (χ2n) is 11.4. The summed E-state index contributed by atoms with van der Waals surface area (Å²) >= 11 is 0. The van der Waals surface area contributed by atoms with Gasteiger partial charge in [0.2, 0.25) is 0 Å². The number of quaternary nitrogens is 1. The number of hydrogen-bond donors (Lipinski definition) is 1. The summed E-state index contributed by atoms with van der Waals surface area (Å²) in [5.74, 6) is -0.577. The van der Waals surface area contributed by atoms with E-state index in [1.54, 1.807) is 0 Å². The number of hydrogen-bond acceptors (Lipinski definition) is 6. The fourth-order valence-corrected chi connectivity index (χ4v) is 6.65. The fraction of sp³-hybridized carbons (Fsp3) is 0.966. The first-order valence-electron chi connectivity index (χ1n) is 15.2. The van der Waals surface area contributed by atoms with Gasteiger partial charge in [0.05, 0.1) is 41.5 Å². The number of nitrogens with zero attached hydrogens (tertiary/aromatic N) is 1. The second kappa shape index (κ2) is 23.1. The third-order valence-electron chi connectivity index (χ3n) is 6.96. The summed E-state index contributed by atoms with van der Waals surface area (Å²) in [6, 6.07) is 0. The molecule has 3 unspecified atom stereocenters. The van der Waals surface area contributed by atoms with Crippen LogP contribution in [0.4, 0.5) is 4.79 Å². The summed E-state index contributed by atoms with van der Waals surface area (Å²) < 4.78 is 33.9. The second-order valence-corrected chi connectivity index (χ2v) is 13.4. The van der Waals surface area contributed by atoms with Crippen molar-refractivity contribution in [3.63, 3.8) is 0 Å². The lowest BCUT2D eigenvalue weighted by Gasteiger charge is -2.35. The van der Waals surface area contributed by atoms with E-state index in [9.17, 15) is 14.3 Å². The largest absolute Gasteiger partial charge is 0.508 e. The van der Waals surface area contributed by atoms with Crippen LogP contribution in [0.3, 0.4) is 0 Å². The highest BCUT2D eigenvalue weighted by Gasteiger charge is 2.42. The number of unbranched alkanes of at least 4 members (excludes halogenated alkanes) is 15. The number of carbonyl (C=O) groups excluding carboxylic acids is 1. The van der Waals surface area contributed by atoms with Crippen molar-refractivity contribution >= 4 is 13.8 Å². The van der Waals surface area contributed by atoms with Crippen LogP contribution in [0.15, 0.2) is 0 Å². The van der Waals surface area contributed by atoms with Crippen LogP contribution in [-0.4, -0.2) is 75.5 Å². The Balaban J connectivity index is 3.94. The number of ether oxygens (including phenoxy) is 3. The van der Waals surface area contributed by atoms with E-state index in [0.29, 0.717) is 17.5 Å². The van der Waals surface area contributed by atoms with E-state index in [1.807, 2.05) is 28.1 Å². The Bertz CT molecular complexity index is 612. The van der Waals surface area contributed by atoms with Crippen LogP contribution in [0, 0.1) is 0 Å². The van der Waals surface area contributed by atoms with E-state index in [2.05, 4.69) is 11.7 Å². The van der Waals surface area contributed by atoms with Gasteiger partial charge in [-0.15, -0.1) is 0 Å². The quantitative estimate of drug-likeness (QED) is 0.0490. The van der Waals surface area contributed by atoms with Crippen molar-refractivity contribution in [1.29, 1.82) is 0 Å². The van der Waals surface area contributed by atoms with Gasteiger partial charge in [-0.2, -0.15) is 0 Å². The molecule has 0 bridgehead atoms. The summed E-state index contributed by atoms with van der Waals surface area (Å²) in [4.78, 5) is 22.1. The molecule has 3 atom stereocenters. The molecule has 0 aliphatic carbocycles. The molecule has 0 rings (SSSR count). The first-order chi connectivity index (χ1) is 18.1. The molecular weight excluding hydrogens is 505 g/mol. The third kappa shape index (κ3) is 20.3. The monoisotopic (exact) mass is 566 g/mol. The number of methoxy groups -OCH3 is 1. The topological polar surface area (TPSA) is 91.3 Å². The summed E-state index contributed by atoms with van der Waals surface area (Å²) in [6.45, 7) is 4.54. The normalized spacial score (nSPS) is 15.1. The van der Waals surface area contributed by atoms with Crippen LogP contribution in [0.2, 0.25) is 0 Å². The molecule has 0 saturated carbocycles. The van der Waals surface area contributed by atoms with Crippen LogP contribution in [0.1, 0.15) is 123 Å². The van der Waals surface area contributed by atoms with E-state index < -0.39 is 25.6 Å². The van der Waals surface area contributed by atoms with Gasteiger partial charge in [0.15, 0.2) is 11.9 Å². The maximum atomic E-state index is 12.8. The minimum atomic E-state index is -3.92. The maximum absolute atomic E-state index is 12.8. The van der Waals surface area contributed by atoms with Crippen molar-refractivity contribution in [3.8, 4) is 0 Å². The zero-order valence-electron chi connectivity index (χ0n) is 25.6. The van der Waals surface area contributed by atoms with Crippen LogP contribution in [-0.2, 0) is 23.3 Å². The minimum absolute atomic E-state index is 0.0923. The molecule has 0 aliphatic heterocycles. The van der Waals surface area contributed by atoms with Gasteiger partial charge < -0.3 is 28.1 Å².